The van der Waals surface area contributed by atoms with E-state index in [-0.39, 0.29) is 12.6 Å². The molecule has 0 bridgehead atoms. The zero-order valence-electron chi connectivity index (χ0n) is 11.1. The summed E-state index contributed by atoms with van der Waals surface area (Å²) in [6.07, 6.45) is 0. The van der Waals surface area contributed by atoms with Crippen LogP contribution in [0, 0.1) is 0 Å². The van der Waals surface area contributed by atoms with Crippen molar-refractivity contribution in [2.45, 2.75) is 5.92 Å². The third-order valence-electron chi connectivity index (χ3n) is 2.93. The molecule has 0 fully saturated rings. The number of hydrogen-bond acceptors (Lipinski definition) is 3. The van der Waals surface area contributed by atoms with E-state index in [9.17, 15) is 4.79 Å². The van der Waals surface area contributed by atoms with E-state index in [0.29, 0.717) is 10.8 Å². The number of methoxy groups -OCH3 is 1. The molecular formula is C16H15ClO3. The van der Waals surface area contributed by atoms with Gasteiger partial charge >= 0.3 is 5.97 Å². The first-order valence-electron chi connectivity index (χ1n) is 6.22. The maximum absolute atomic E-state index is 11.9. The fourth-order valence-electron chi connectivity index (χ4n) is 1.86. The van der Waals surface area contributed by atoms with Crippen molar-refractivity contribution in [3.05, 3.63) is 65.2 Å². The standard InChI is InChI=1S/C16H15ClO3/c1-19-16(18)13(12-7-3-2-4-8-12)11-20-15-10-6-5-9-14(15)17/h2-10,13H,11H2,1H3. The second-order valence-corrected chi connectivity index (χ2v) is 4.64. The SMILES string of the molecule is COC(=O)C(COc1ccccc1Cl)c1ccccc1. The lowest BCUT2D eigenvalue weighted by Gasteiger charge is -2.16. The molecule has 1 atom stereocenters. The topological polar surface area (TPSA) is 35.5 Å². The van der Waals surface area contributed by atoms with E-state index in [0.717, 1.165) is 5.56 Å². The molecule has 0 spiro atoms. The van der Waals surface area contributed by atoms with Gasteiger partial charge in [0.1, 0.15) is 18.3 Å². The number of halogens is 1. The molecule has 1 unspecified atom stereocenters. The van der Waals surface area contributed by atoms with E-state index in [1.165, 1.54) is 7.11 Å². The van der Waals surface area contributed by atoms with Crippen LogP contribution in [0.5, 0.6) is 5.75 Å². The minimum Gasteiger partial charge on any atom is -0.491 e. The largest absolute Gasteiger partial charge is 0.491 e. The van der Waals surface area contributed by atoms with Crippen molar-refractivity contribution in [2.75, 3.05) is 13.7 Å². The molecule has 0 aliphatic rings. The van der Waals surface area contributed by atoms with Gasteiger partial charge in [-0.25, -0.2) is 0 Å². The summed E-state index contributed by atoms with van der Waals surface area (Å²) in [5.41, 5.74) is 0.853. The molecule has 2 rings (SSSR count). The summed E-state index contributed by atoms with van der Waals surface area (Å²) in [4.78, 5) is 11.9. The van der Waals surface area contributed by atoms with Gasteiger partial charge in [-0.05, 0) is 17.7 Å². The summed E-state index contributed by atoms with van der Waals surface area (Å²) >= 11 is 6.03. The minimum atomic E-state index is -0.475. The van der Waals surface area contributed by atoms with Crippen LogP contribution in [0.1, 0.15) is 11.5 Å². The summed E-state index contributed by atoms with van der Waals surface area (Å²) in [6, 6.07) is 16.6. The molecule has 2 aromatic rings. The smallest absolute Gasteiger partial charge is 0.316 e. The Balaban J connectivity index is 2.14. The van der Waals surface area contributed by atoms with Crippen molar-refractivity contribution in [1.82, 2.24) is 0 Å². The van der Waals surface area contributed by atoms with E-state index in [1.54, 1.807) is 12.1 Å². The van der Waals surface area contributed by atoms with E-state index in [2.05, 4.69) is 0 Å². The summed E-state index contributed by atoms with van der Waals surface area (Å²) in [5.74, 6) is -0.250. The number of esters is 1. The molecule has 0 aromatic heterocycles. The average molecular weight is 291 g/mol. The first kappa shape index (κ1) is 14.4. The van der Waals surface area contributed by atoms with Gasteiger partial charge in [0.05, 0.1) is 12.1 Å². The summed E-state index contributed by atoms with van der Waals surface area (Å²) < 4.78 is 10.5. The number of rotatable bonds is 5. The second-order valence-electron chi connectivity index (χ2n) is 4.23. The Morgan fingerprint density at radius 3 is 2.40 bits per heavy atom. The molecule has 0 heterocycles. The Bertz CT molecular complexity index is 569. The van der Waals surface area contributed by atoms with Gasteiger partial charge in [0.15, 0.2) is 0 Å². The maximum Gasteiger partial charge on any atom is 0.316 e. The molecule has 2 aromatic carbocycles. The number of benzene rings is 2. The van der Waals surface area contributed by atoms with Crippen LogP contribution in [0.25, 0.3) is 0 Å². The van der Waals surface area contributed by atoms with Gasteiger partial charge in [0.2, 0.25) is 0 Å². The molecular weight excluding hydrogens is 276 g/mol. The third kappa shape index (κ3) is 3.52. The zero-order chi connectivity index (χ0) is 14.4. The van der Waals surface area contributed by atoms with Gasteiger partial charge in [0, 0.05) is 0 Å². The van der Waals surface area contributed by atoms with Crippen molar-refractivity contribution in [1.29, 1.82) is 0 Å². The molecule has 0 aliphatic carbocycles. The Hall–Kier alpha value is -2.00. The normalized spacial score (nSPS) is 11.7. The number of hydrogen-bond donors (Lipinski definition) is 0. The fourth-order valence-corrected chi connectivity index (χ4v) is 2.05. The van der Waals surface area contributed by atoms with Gasteiger partial charge in [-0.2, -0.15) is 0 Å². The highest BCUT2D eigenvalue weighted by Crippen LogP contribution is 2.25. The van der Waals surface area contributed by atoms with Crippen LogP contribution in [0.3, 0.4) is 0 Å². The van der Waals surface area contributed by atoms with Gasteiger partial charge in [-0.15, -0.1) is 0 Å². The lowest BCUT2D eigenvalue weighted by atomic mass is 10.0. The molecule has 0 saturated carbocycles. The minimum absolute atomic E-state index is 0.181. The highest BCUT2D eigenvalue weighted by Gasteiger charge is 2.22. The second kappa shape index (κ2) is 6.96. The van der Waals surface area contributed by atoms with Gasteiger partial charge in [-0.1, -0.05) is 54.1 Å². The highest BCUT2D eigenvalue weighted by atomic mass is 35.5. The third-order valence-corrected chi connectivity index (χ3v) is 3.24. The van der Waals surface area contributed by atoms with Gasteiger partial charge in [0.25, 0.3) is 0 Å². The van der Waals surface area contributed by atoms with E-state index in [1.807, 2.05) is 42.5 Å². The molecule has 3 nitrogen and oxygen atoms in total. The fraction of sp³-hybridized carbons (Fsp3) is 0.188. The van der Waals surface area contributed by atoms with Crippen molar-refractivity contribution < 1.29 is 14.3 Å². The van der Waals surface area contributed by atoms with Crippen molar-refractivity contribution in [3.63, 3.8) is 0 Å². The first-order valence-corrected chi connectivity index (χ1v) is 6.60. The quantitative estimate of drug-likeness (QED) is 0.788. The van der Waals surface area contributed by atoms with Crippen LogP contribution in [-0.2, 0) is 9.53 Å². The Kier molecular flexibility index (Phi) is 5.02. The van der Waals surface area contributed by atoms with Crippen LogP contribution in [0.2, 0.25) is 5.02 Å². The predicted octanol–water partition coefficient (Wildman–Crippen LogP) is 3.68. The maximum atomic E-state index is 11.9. The molecule has 4 heteroatoms. The lowest BCUT2D eigenvalue weighted by molar-refractivity contribution is -0.143. The monoisotopic (exact) mass is 290 g/mol. The molecule has 0 N–H and O–H groups in total. The molecule has 0 aliphatic heterocycles. The first-order chi connectivity index (χ1) is 9.72. The van der Waals surface area contributed by atoms with Crippen LogP contribution < -0.4 is 4.74 Å². The summed E-state index contributed by atoms with van der Waals surface area (Å²) in [7, 11) is 1.37. The van der Waals surface area contributed by atoms with Gasteiger partial charge < -0.3 is 9.47 Å². The van der Waals surface area contributed by atoms with Crippen molar-refractivity contribution in [3.8, 4) is 5.75 Å². The number of carbonyl (C=O) groups excluding carboxylic acids is 1. The van der Waals surface area contributed by atoms with Crippen LogP contribution in [0.15, 0.2) is 54.6 Å². The van der Waals surface area contributed by atoms with Crippen molar-refractivity contribution >= 4 is 17.6 Å². The molecule has 104 valence electrons. The number of ether oxygens (including phenoxy) is 2. The summed E-state index contributed by atoms with van der Waals surface area (Å²) in [5, 5.41) is 0.518. The lowest BCUT2D eigenvalue weighted by Crippen LogP contribution is -2.21. The Labute approximate surface area is 123 Å². The van der Waals surface area contributed by atoms with Gasteiger partial charge in [-0.3, -0.25) is 4.79 Å². The Morgan fingerprint density at radius 2 is 1.75 bits per heavy atom. The highest BCUT2D eigenvalue weighted by molar-refractivity contribution is 6.32. The van der Waals surface area contributed by atoms with Crippen LogP contribution in [0.4, 0.5) is 0 Å². The van der Waals surface area contributed by atoms with E-state index < -0.39 is 5.92 Å². The van der Waals surface area contributed by atoms with E-state index >= 15 is 0 Å². The number of para-hydroxylation sites is 1. The van der Waals surface area contributed by atoms with E-state index in [4.69, 9.17) is 21.1 Å². The van der Waals surface area contributed by atoms with Crippen molar-refractivity contribution in [2.24, 2.45) is 0 Å². The Morgan fingerprint density at radius 1 is 1.10 bits per heavy atom. The van der Waals surface area contributed by atoms with Crippen LogP contribution in [-0.4, -0.2) is 19.7 Å². The van der Waals surface area contributed by atoms with Crippen LogP contribution >= 0.6 is 11.6 Å². The molecule has 0 saturated heterocycles. The molecule has 20 heavy (non-hydrogen) atoms. The molecule has 0 radical (unpaired) electrons. The predicted molar refractivity (Wildman–Crippen MR) is 78.1 cm³/mol. The number of carbonyl (C=O) groups is 1. The zero-order valence-corrected chi connectivity index (χ0v) is 11.8. The summed E-state index contributed by atoms with van der Waals surface area (Å²) in [6.45, 7) is 0.181. The molecule has 0 amide bonds. The average Bonchev–Trinajstić information content (AvgIpc) is 2.50.